The molecule has 4 aromatic rings. The lowest BCUT2D eigenvalue weighted by Gasteiger charge is -2.31. The summed E-state index contributed by atoms with van der Waals surface area (Å²) in [6.45, 7) is 3.98. The molecule has 7 nitrogen and oxygen atoms in total. The molecule has 1 aliphatic heterocycles. The van der Waals surface area contributed by atoms with Crippen LogP contribution in [0.3, 0.4) is 0 Å². The minimum absolute atomic E-state index is 0.0614. The summed E-state index contributed by atoms with van der Waals surface area (Å²) >= 11 is 7.87. The molecule has 9 heteroatoms. The van der Waals surface area contributed by atoms with Crippen LogP contribution >= 0.6 is 22.9 Å². The van der Waals surface area contributed by atoms with Gasteiger partial charge in [-0.3, -0.25) is 4.79 Å². The van der Waals surface area contributed by atoms with Crippen molar-refractivity contribution in [1.82, 2.24) is 20.1 Å². The smallest absolute Gasteiger partial charge is 0.225 e. The lowest BCUT2D eigenvalue weighted by atomic mass is 9.97. The van der Waals surface area contributed by atoms with Crippen LogP contribution in [0.5, 0.6) is 5.75 Å². The van der Waals surface area contributed by atoms with Crippen LogP contribution in [-0.2, 0) is 11.3 Å². The van der Waals surface area contributed by atoms with E-state index in [2.05, 4.69) is 10.2 Å². The number of ether oxygens (including phenoxy) is 1. The Balaban J connectivity index is 1.32. The van der Waals surface area contributed by atoms with Crippen molar-refractivity contribution in [2.75, 3.05) is 25.1 Å². The number of fused-ring (bicyclic) bond motifs is 1. The number of hydrogen-bond acceptors (Lipinski definition) is 6. The van der Waals surface area contributed by atoms with E-state index in [1.165, 1.54) is 0 Å². The number of nitrogens with zero attached hydrogens (tertiary/aromatic N) is 4. The van der Waals surface area contributed by atoms with Crippen molar-refractivity contribution in [2.45, 2.75) is 26.3 Å². The Hall–Kier alpha value is -3.10. The predicted octanol–water partition coefficient (Wildman–Crippen LogP) is 4.99. The Morgan fingerprint density at radius 2 is 2.03 bits per heavy atom. The Kier molecular flexibility index (Phi) is 6.43. The van der Waals surface area contributed by atoms with Crippen LogP contribution in [0.2, 0.25) is 5.02 Å². The lowest BCUT2D eigenvalue weighted by Crippen LogP contribution is -2.43. The number of aromatic nitrogens is 3. The molecule has 0 radical (unpaired) electrons. The fourth-order valence-corrected chi connectivity index (χ4v) is 5.52. The second kappa shape index (κ2) is 9.64. The third kappa shape index (κ3) is 4.48. The summed E-state index contributed by atoms with van der Waals surface area (Å²) < 4.78 is 8.21. The molecule has 0 unspecified atom stereocenters. The molecule has 1 saturated heterocycles. The summed E-state index contributed by atoms with van der Waals surface area (Å²) in [7, 11) is 1.65. The summed E-state index contributed by atoms with van der Waals surface area (Å²) in [4.78, 5) is 20.1. The van der Waals surface area contributed by atoms with Crippen molar-refractivity contribution in [2.24, 2.45) is 5.92 Å². The van der Waals surface area contributed by atoms with Crippen LogP contribution in [0, 0.1) is 12.8 Å². The molecule has 0 aliphatic carbocycles. The van der Waals surface area contributed by atoms with Gasteiger partial charge in [0.05, 0.1) is 29.1 Å². The Bertz CT molecular complexity index is 1320. The van der Waals surface area contributed by atoms with Crippen LogP contribution in [0.4, 0.5) is 5.13 Å². The molecule has 0 bridgehead atoms. The summed E-state index contributed by atoms with van der Waals surface area (Å²) in [6.07, 6.45) is 1.82. The molecule has 1 fully saturated rings. The van der Waals surface area contributed by atoms with Gasteiger partial charge in [-0.25, -0.2) is 4.68 Å². The zero-order valence-electron chi connectivity index (χ0n) is 19.1. The van der Waals surface area contributed by atoms with Crippen molar-refractivity contribution >= 4 is 44.3 Å². The number of halogens is 1. The number of piperidine rings is 1. The molecule has 1 aliphatic rings. The SMILES string of the molecule is COc1ccc(-n2nc(C)c3sc(N4CCC[C@@H](C(=O)NCc5ccccc5Cl)C4)nc32)cc1. The molecule has 1 N–H and O–H groups in total. The Labute approximate surface area is 207 Å². The van der Waals surface area contributed by atoms with E-state index in [-0.39, 0.29) is 11.8 Å². The number of hydrogen-bond donors (Lipinski definition) is 1. The number of amides is 1. The quantitative estimate of drug-likeness (QED) is 0.408. The van der Waals surface area contributed by atoms with Gasteiger partial charge in [0.1, 0.15) is 5.75 Å². The van der Waals surface area contributed by atoms with Gasteiger partial charge in [-0.05, 0) is 55.7 Å². The molecular formula is C25H26ClN5O2S. The fourth-order valence-electron chi connectivity index (χ4n) is 4.30. The number of carbonyl (C=O) groups excluding carboxylic acids is 1. The van der Waals surface area contributed by atoms with Gasteiger partial charge < -0.3 is 15.0 Å². The second-order valence-corrected chi connectivity index (χ2v) is 9.82. The number of nitrogens with one attached hydrogen (secondary N) is 1. The molecule has 1 atom stereocenters. The third-order valence-electron chi connectivity index (χ3n) is 6.17. The van der Waals surface area contributed by atoms with Gasteiger partial charge in [-0.2, -0.15) is 10.1 Å². The normalized spacial score (nSPS) is 16.1. The van der Waals surface area contributed by atoms with E-state index in [4.69, 9.17) is 26.4 Å². The van der Waals surface area contributed by atoms with Crippen LogP contribution in [0.1, 0.15) is 24.1 Å². The zero-order chi connectivity index (χ0) is 23.7. The standard InChI is InChI=1S/C25H26ClN5O2S/c1-16-22-23(31(29-16)19-9-11-20(33-2)12-10-19)28-25(34-22)30-13-5-7-18(15-30)24(32)27-14-17-6-3-4-8-21(17)26/h3-4,6,8-12,18H,5,7,13-15H2,1-2H3,(H,27,32)/t18-/m1/s1. The van der Waals surface area contributed by atoms with Crippen molar-refractivity contribution in [1.29, 1.82) is 0 Å². The van der Waals surface area contributed by atoms with Gasteiger partial charge in [-0.1, -0.05) is 41.1 Å². The molecule has 2 aromatic heterocycles. The molecule has 1 amide bonds. The van der Waals surface area contributed by atoms with Gasteiger partial charge in [0.25, 0.3) is 0 Å². The Morgan fingerprint density at radius 3 is 2.79 bits per heavy atom. The van der Waals surface area contributed by atoms with E-state index in [9.17, 15) is 4.79 Å². The van der Waals surface area contributed by atoms with Gasteiger partial charge in [0.15, 0.2) is 10.8 Å². The summed E-state index contributed by atoms with van der Waals surface area (Å²) in [6, 6.07) is 15.4. The van der Waals surface area contributed by atoms with Gasteiger partial charge >= 0.3 is 0 Å². The summed E-state index contributed by atoms with van der Waals surface area (Å²) in [5.41, 5.74) is 3.65. The average molecular weight is 496 g/mol. The average Bonchev–Trinajstić information content (AvgIpc) is 3.44. The van der Waals surface area contributed by atoms with Crippen molar-refractivity contribution in [3.05, 3.63) is 64.8 Å². The van der Waals surface area contributed by atoms with Gasteiger partial charge in [-0.15, -0.1) is 0 Å². The first-order chi connectivity index (χ1) is 16.5. The van der Waals surface area contributed by atoms with Crippen LogP contribution in [0.25, 0.3) is 16.0 Å². The summed E-state index contributed by atoms with van der Waals surface area (Å²) in [5, 5.41) is 9.36. The molecular weight excluding hydrogens is 470 g/mol. The van der Waals surface area contributed by atoms with Crippen LogP contribution < -0.4 is 15.0 Å². The number of rotatable bonds is 6. The number of thiazole rings is 1. The molecule has 34 heavy (non-hydrogen) atoms. The minimum Gasteiger partial charge on any atom is -0.497 e. The number of aryl methyl sites for hydroxylation is 1. The van der Waals surface area contributed by atoms with Crippen LogP contribution in [0.15, 0.2) is 48.5 Å². The predicted molar refractivity (Wildman–Crippen MR) is 136 cm³/mol. The van der Waals surface area contributed by atoms with Crippen molar-refractivity contribution in [3.8, 4) is 11.4 Å². The highest BCUT2D eigenvalue weighted by Crippen LogP contribution is 2.34. The van der Waals surface area contributed by atoms with Crippen molar-refractivity contribution in [3.63, 3.8) is 0 Å². The highest BCUT2D eigenvalue weighted by Gasteiger charge is 2.28. The fraction of sp³-hybridized carbons (Fsp3) is 0.320. The first-order valence-electron chi connectivity index (χ1n) is 11.3. The Morgan fingerprint density at radius 1 is 1.24 bits per heavy atom. The molecule has 2 aromatic carbocycles. The molecule has 176 valence electrons. The van der Waals surface area contributed by atoms with E-state index < -0.39 is 0 Å². The number of carbonyl (C=O) groups is 1. The molecule has 3 heterocycles. The maximum atomic E-state index is 12.9. The maximum absolute atomic E-state index is 12.9. The summed E-state index contributed by atoms with van der Waals surface area (Å²) in [5.74, 6) is 0.781. The van der Waals surface area contributed by atoms with E-state index in [1.54, 1.807) is 18.4 Å². The number of methoxy groups -OCH3 is 1. The number of benzene rings is 2. The highest BCUT2D eigenvalue weighted by molar-refractivity contribution is 7.22. The zero-order valence-corrected chi connectivity index (χ0v) is 20.7. The minimum atomic E-state index is -0.0811. The molecule has 0 spiro atoms. The largest absolute Gasteiger partial charge is 0.497 e. The van der Waals surface area contributed by atoms with E-state index in [0.717, 1.165) is 57.6 Å². The maximum Gasteiger partial charge on any atom is 0.225 e. The first kappa shape index (κ1) is 22.7. The second-order valence-electron chi connectivity index (χ2n) is 8.44. The van der Waals surface area contributed by atoms with Crippen LogP contribution in [-0.4, -0.2) is 40.9 Å². The molecule has 5 rings (SSSR count). The lowest BCUT2D eigenvalue weighted by molar-refractivity contribution is -0.125. The van der Waals surface area contributed by atoms with E-state index in [1.807, 2.05) is 60.1 Å². The number of anilines is 1. The topological polar surface area (TPSA) is 72.3 Å². The van der Waals surface area contributed by atoms with Crippen molar-refractivity contribution < 1.29 is 9.53 Å². The third-order valence-corrected chi connectivity index (χ3v) is 7.75. The van der Waals surface area contributed by atoms with E-state index >= 15 is 0 Å². The van der Waals surface area contributed by atoms with Gasteiger partial charge in [0, 0.05) is 24.7 Å². The monoisotopic (exact) mass is 495 g/mol. The van der Waals surface area contributed by atoms with Gasteiger partial charge in [0.2, 0.25) is 5.91 Å². The first-order valence-corrected chi connectivity index (χ1v) is 12.5. The van der Waals surface area contributed by atoms with E-state index in [0.29, 0.717) is 18.1 Å². The highest BCUT2D eigenvalue weighted by atomic mass is 35.5. The molecule has 0 saturated carbocycles.